The third-order valence-electron chi connectivity index (χ3n) is 4.70. The molecule has 124 valence electrons. The van der Waals surface area contributed by atoms with Gasteiger partial charge in [0.15, 0.2) is 0 Å². The number of aliphatic hydroxyl groups excluding tert-OH is 1. The van der Waals surface area contributed by atoms with Crippen LogP contribution in [0, 0.1) is 12.3 Å². The number of carbonyl (C=O) groups is 1. The Kier molecular flexibility index (Phi) is 4.71. The van der Waals surface area contributed by atoms with Gasteiger partial charge < -0.3 is 10.4 Å². The number of allylic oxidation sites excluding steroid dienone is 2. The molecule has 1 aliphatic carbocycles. The van der Waals surface area contributed by atoms with E-state index in [4.69, 9.17) is 0 Å². The van der Waals surface area contributed by atoms with E-state index in [0.717, 1.165) is 18.4 Å². The molecule has 0 fully saturated rings. The molecule has 0 spiro atoms. The number of aryl methyl sites for hydroxylation is 1. The van der Waals surface area contributed by atoms with Gasteiger partial charge in [-0.3, -0.25) is 4.79 Å². The summed E-state index contributed by atoms with van der Waals surface area (Å²) in [7, 11) is 0. The predicted octanol–water partition coefficient (Wildman–Crippen LogP) is 2.58. The van der Waals surface area contributed by atoms with Gasteiger partial charge in [0.2, 0.25) is 0 Å². The lowest BCUT2D eigenvalue weighted by Crippen LogP contribution is -2.42. The van der Waals surface area contributed by atoms with Gasteiger partial charge >= 0.3 is 0 Å². The Labute approximate surface area is 141 Å². The van der Waals surface area contributed by atoms with Crippen LogP contribution < -0.4 is 5.32 Å². The molecule has 1 unspecified atom stereocenters. The number of carbonyl (C=O) groups excluding carboxylic acids is 1. The Balaban J connectivity index is 1.94. The third-order valence-corrected chi connectivity index (χ3v) is 4.70. The molecular weight excluding hydrogens is 302 g/mol. The Morgan fingerprint density at radius 1 is 1.25 bits per heavy atom. The van der Waals surface area contributed by atoms with Crippen LogP contribution in [0.15, 0.2) is 54.7 Å². The zero-order chi connectivity index (χ0) is 17.0. The summed E-state index contributed by atoms with van der Waals surface area (Å²) in [5, 5.41) is 20.9. The van der Waals surface area contributed by atoms with Crippen molar-refractivity contribution in [3.8, 4) is 0 Å². The van der Waals surface area contributed by atoms with Crippen LogP contribution in [-0.4, -0.2) is 27.8 Å². The second-order valence-electron chi connectivity index (χ2n) is 6.25. The van der Waals surface area contributed by atoms with Gasteiger partial charge in [-0.25, -0.2) is 0 Å². The smallest absolute Gasteiger partial charge is 0.253 e. The van der Waals surface area contributed by atoms with Crippen LogP contribution in [-0.2, 0) is 0 Å². The maximum atomic E-state index is 12.8. The Morgan fingerprint density at radius 2 is 1.96 bits per heavy atom. The summed E-state index contributed by atoms with van der Waals surface area (Å²) in [6.45, 7) is 1.77. The monoisotopic (exact) mass is 323 g/mol. The number of benzene rings is 1. The summed E-state index contributed by atoms with van der Waals surface area (Å²) in [4.78, 5) is 12.8. The maximum Gasteiger partial charge on any atom is 0.253 e. The molecule has 24 heavy (non-hydrogen) atoms. The van der Waals surface area contributed by atoms with E-state index in [1.807, 2.05) is 30.3 Å². The highest BCUT2D eigenvalue weighted by Crippen LogP contribution is 2.44. The fraction of sp³-hybridized carbons (Fsp3) is 0.316. The van der Waals surface area contributed by atoms with Crippen LogP contribution in [0.4, 0.5) is 0 Å². The van der Waals surface area contributed by atoms with Crippen LogP contribution in [0.1, 0.15) is 40.5 Å². The van der Waals surface area contributed by atoms with Gasteiger partial charge in [0.25, 0.3) is 5.91 Å². The highest BCUT2D eigenvalue weighted by atomic mass is 16.3. The predicted molar refractivity (Wildman–Crippen MR) is 91.3 cm³/mol. The molecule has 1 aromatic carbocycles. The Hall–Kier alpha value is -2.53. The minimum atomic E-state index is -0.411. The number of amides is 1. The Bertz CT molecular complexity index is 735. The van der Waals surface area contributed by atoms with Gasteiger partial charge in [-0.2, -0.15) is 10.2 Å². The van der Waals surface area contributed by atoms with E-state index in [1.54, 1.807) is 13.0 Å². The number of hydrogen-bond acceptors (Lipinski definition) is 4. The molecule has 2 aromatic rings. The molecule has 0 radical (unpaired) electrons. The molecule has 1 atom stereocenters. The van der Waals surface area contributed by atoms with E-state index in [9.17, 15) is 9.90 Å². The average Bonchev–Trinajstić information content (AvgIpc) is 3.10. The molecule has 2 N–H and O–H groups in total. The van der Waals surface area contributed by atoms with Crippen molar-refractivity contribution in [3.05, 3.63) is 71.6 Å². The van der Waals surface area contributed by atoms with Crippen molar-refractivity contribution in [1.82, 2.24) is 15.5 Å². The highest BCUT2D eigenvalue weighted by molar-refractivity contribution is 5.95. The molecule has 1 aromatic heterocycles. The molecule has 1 aliphatic rings. The fourth-order valence-electron chi connectivity index (χ4n) is 3.26. The van der Waals surface area contributed by atoms with Crippen molar-refractivity contribution in [1.29, 1.82) is 0 Å². The first-order valence-electron chi connectivity index (χ1n) is 8.06. The average molecular weight is 323 g/mol. The van der Waals surface area contributed by atoms with Gasteiger partial charge in [-0.05, 0) is 31.4 Å². The number of hydrogen-bond donors (Lipinski definition) is 2. The van der Waals surface area contributed by atoms with Gasteiger partial charge in [0, 0.05) is 5.41 Å². The lowest BCUT2D eigenvalue weighted by molar-refractivity contribution is 0.0725. The van der Waals surface area contributed by atoms with E-state index in [-0.39, 0.29) is 18.6 Å². The molecule has 1 amide bonds. The fourth-order valence-corrected chi connectivity index (χ4v) is 3.26. The van der Waals surface area contributed by atoms with Gasteiger partial charge in [0.05, 0.1) is 30.1 Å². The van der Waals surface area contributed by atoms with E-state index in [0.29, 0.717) is 11.3 Å². The SMILES string of the molecule is Cc1nnccc1C(=O)NC(c1ccccc1)C1(CO)CC=CC1. The summed E-state index contributed by atoms with van der Waals surface area (Å²) in [5.74, 6) is -0.198. The van der Waals surface area contributed by atoms with Crippen molar-refractivity contribution >= 4 is 5.91 Å². The summed E-state index contributed by atoms with van der Waals surface area (Å²) >= 11 is 0. The zero-order valence-electron chi connectivity index (χ0n) is 13.6. The molecule has 0 saturated carbocycles. The molecule has 5 heteroatoms. The normalized spacial score (nSPS) is 16.8. The van der Waals surface area contributed by atoms with Crippen molar-refractivity contribution in [3.63, 3.8) is 0 Å². The molecule has 0 bridgehead atoms. The standard InChI is InChI=1S/C19H21N3O2/c1-14-16(9-12-20-22-14)18(24)21-17(15-7-3-2-4-8-15)19(13-23)10-5-6-11-19/h2-9,12,17,23H,10-11,13H2,1H3,(H,21,24). The van der Waals surface area contributed by atoms with E-state index in [2.05, 4.69) is 27.7 Å². The van der Waals surface area contributed by atoms with Crippen LogP contribution >= 0.6 is 0 Å². The van der Waals surface area contributed by atoms with Crippen molar-refractivity contribution in [2.45, 2.75) is 25.8 Å². The number of nitrogens with zero attached hydrogens (tertiary/aromatic N) is 2. The zero-order valence-corrected chi connectivity index (χ0v) is 13.6. The summed E-state index contributed by atoms with van der Waals surface area (Å²) in [6, 6.07) is 11.2. The first kappa shape index (κ1) is 16.3. The maximum absolute atomic E-state index is 12.8. The number of rotatable bonds is 5. The van der Waals surface area contributed by atoms with Crippen LogP contribution in [0.25, 0.3) is 0 Å². The molecule has 5 nitrogen and oxygen atoms in total. The van der Waals surface area contributed by atoms with Gasteiger partial charge in [-0.15, -0.1) is 0 Å². The largest absolute Gasteiger partial charge is 0.396 e. The van der Waals surface area contributed by atoms with Crippen LogP contribution in [0.2, 0.25) is 0 Å². The topological polar surface area (TPSA) is 75.1 Å². The van der Waals surface area contributed by atoms with Crippen LogP contribution in [0.3, 0.4) is 0 Å². The van der Waals surface area contributed by atoms with E-state index in [1.165, 1.54) is 6.20 Å². The van der Waals surface area contributed by atoms with Crippen molar-refractivity contribution in [2.24, 2.45) is 5.41 Å². The number of aromatic nitrogens is 2. The van der Waals surface area contributed by atoms with E-state index >= 15 is 0 Å². The lowest BCUT2D eigenvalue weighted by atomic mass is 9.75. The first-order valence-corrected chi connectivity index (χ1v) is 8.06. The Morgan fingerprint density at radius 3 is 2.58 bits per heavy atom. The number of aliphatic hydroxyl groups is 1. The summed E-state index contributed by atoms with van der Waals surface area (Å²) in [6.07, 6.45) is 7.11. The summed E-state index contributed by atoms with van der Waals surface area (Å²) in [5.41, 5.74) is 1.67. The molecule has 1 heterocycles. The highest BCUT2D eigenvalue weighted by Gasteiger charge is 2.40. The second-order valence-corrected chi connectivity index (χ2v) is 6.25. The number of nitrogens with one attached hydrogen (secondary N) is 1. The third kappa shape index (κ3) is 3.08. The quantitative estimate of drug-likeness (QED) is 0.829. The molecule has 3 rings (SSSR count). The van der Waals surface area contributed by atoms with Crippen LogP contribution in [0.5, 0.6) is 0 Å². The van der Waals surface area contributed by atoms with Crippen molar-refractivity contribution in [2.75, 3.05) is 6.61 Å². The lowest BCUT2D eigenvalue weighted by Gasteiger charge is -2.37. The second kappa shape index (κ2) is 6.93. The molecule has 0 aliphatic heterocycles. The molecular formula is C19H21N3O2. The van der Waals surface area contributed by atoms with Gasteiger partial charge in [-0.1, -0.05) is 42.5 Å². The minimum Gasteiger partial charge on any atom is -0.396 e. The van der Waals surface area contributed by atoms with Gasteiger partial charge in [0.1, 0.15) is 0 Å². The first-order chi connectivity index (χ1) is 11.7. The van der Waals surface area contributed by atoms with Crippen molar-refractivity contribution < 1.29 is 9.90 Å². The molecule has 0 saturated heterocycles. The minimum absolute atomic E-state index is 0.00736. The summed E-state index contributed by atoms with van der Waals surface area (Å²) < 4.78 is 0. The van der Waals surface area contributed by atoms with E-state index < -0.39 is 5.41 Å².